The van der Waals surface area contributed by atoms with E-state index in [4.69, 9.17) is 5.73 Å². The van der Waals surface area contributed by atoms with E-state index in [-0.39, 0.29) is 6.04 Å². The molecule has 0 unspecified atom stereocenters. The molecule has 0 heterocycles. The van der Waals surface area contributed by atoms with Crippen LogP contribution in [0.25, 0.3) is 0 Å². The molecule has 2 aliphatic rings. The molecule has 0 saturated heterocycles. The molecule has 0 atom stereocenters. The van der Waals surface area contributed by atoms with Gasteiger partial charge in [0.15, 0.2) is 0 Å². The van der Waals surface area contributed by atoms with Crippen molar-refractivity contribution in [3.05, 3.63) is 35.4 Å². The minimum Gasteiger partial charge on any atom is -0.328 e. The van der Waals surface area contributed by atoms with Crippen molar-refractivity contribution < 1.29 is 4.39 Å². The Hall–Kier alpha value is -0.890. The Bertz CT molecular complexity index is 400. The summed E-state index contributed by atoms with van der Waals surface area (Å²) in [5, 5.41) is 0. The Labute approximate surface area is 109 Å². The third-order valence-corrected chi connectivity index (χ3v) is 4.83. The molecule has 2 N–H and O–H groups in total. The molecule has 1 aromatic carbocycles. The molecule has 3 rings (SSSR count). The lowest BCUT2D eigenvalue weighted by atomic mass is 9.77. The first-order valence-electron chi connectivity index (χ1n) is 7.22. The molecule has 0 radical (unpaired) electrons. The van der Waals surface area contributed by atoms with Gasteiger partial charge in [-0.1, -0.05) is 30.7 Å². The Morgan fingerprint density at radius 1 is 1.00 bits per heavy atom. The van der Waals surface area contributed by atoms with Crippen LogP contribution in [0.4, 0.5) is 4.39 Å². The van der Waals surface area contributed by atoms with Crippen LogP contribution in [0.2, 0.25) is 0 Å². The summed E-state index contributed by atoms with van der Waals surface area (Å²) in [6.07, 6.45) is 6.72. The van der Waals surface area contributed by atoms with Crippen molar-refractivity contribution >= 4 is 0 Å². The van der Waals surface area contributed by atoms with E-state index in [0.717, 1.165) is 24.3 Å². The molecular formula is C16H22FN. The molecule has 0 spiro atoms. The first-order chi connectivity index (χ1) is 8.67. The topological polar surface area (TPSA) is 26.0 Å². The molecule has 0 bridgehead atoms. The van der Waals surface area contributed by atoms with Crippen molar-refractivity contribution in [3.63, 3.8) is 0 Å². The Morgan fingerprint density at radius 3 is 2.11 bits per heavy atom. The minimum atomic E-state index is -1.13. The highest BCUT2D eigenvalue weighted by Gasteiger charge is 2.36. The molecule has 0 amide bonds. The molecule has 18 heavy (non-hydrogen) atoms. The van der Waals surface area contributed by atoms with E-state index < -0.39 is 5.67 Å². The largest absolute Gasteiger partial charge is 0.328 e. The SMILES string of the molecule is NC1CCC(F)(c2ccc(C3CCC3)cc2)CC1. The van der Waals surface area contributed by atoms with Gasteiger partial charge in [-0.15, -0.1) is 0 Å². The van der Waals surface area contributed by atoms with Gasteiger partial charge < -0.3 is 5.73 Å². The standard InChI is InChI=1S/C16H22FN/c17-16(10-8-15(18)9-11-16)14-6-4-13(5-7-14)12-2-1-3-12/h4-7,12,15H,1-3,8-11,18H2. The minimum absolute atomic E-state index is 0.197. The fourth-order valence-corrected chi connectivity index (χ4v) is 3.18. The van der Waals surface area contributed by atoms with Crippen LogP contribution in [-0.2, 0) is 5.67 Å². The predicted molar refractivity (Wildman–Crippen MR) is 72.3 cm³/mol. The van der Waals surface area contributed by atoms with E-state index in [9.17, 15) is 4.39 Å². The molecule has 2 aliphatic carbocycles. The summed E-state index contributed by atoms with van der Waals surface area (Å²) in [4.78, 5) is 0. The van der Waals surface area contributed by atoms with Gasteiger partial charge in [-0.05, 0) is 55.6 Å². The van der Waals surface area contributed by atoms with Crippen LogP contribution < -0.4 is 5.73 Å². The van der Waals surface area contributed by atoms with Gasteiger partial charge in [0.25, 0.3) is 0 Å². The lowest BCUT2D eigenvalue weighted by Crippen LogP contribution is -2.33. The van der Waals surface area contributed by atoms with Gasteiger partial charge in [-0.25, -0.2) is 4.39 Å². The van der Waals surface area contributed by atoms with Crippen LogP contribution in [-0.4, -0.2) is 6.04 Å². The normalized spacial score (nSPS) is 33.1. The van der Waals surface area contributed by atoms with Crippen LogP contribution in [0.1, 0.15) is 62.0 Å². The van der Waals surface area contributed by atoms with Crippen LogP contribution in [0.3, 0.4) is 0 Å². The summed E-state index contributed by atoms with van der Waals surface area (Å²) < 4.78 is 14.9. The van der Waals surface area contributed by atoms with Crippen molar-refractivity contribution in [2.24, 2.45) is 5.73 Å². The van der Waals surface area contributed by atoms with E-state index in [1.54, 1.807) is 0 Å². The van der Waals surface area contributed by atoms with E-state index in [2.05, 4.69) is 12.1 Å². The second-order valence-electron chi connectivity index (χ2n) is 6.05. The average Bonchev–Trinajstić information content (AvgIpc) is 2.32. The molecular weight excluding hydrogens is 225 g/mol. The zero-order valence-corrected chi connectivity index (χ0v) is 10.9. The zero-order valence-electron chi connectivity index (χ0n) is 10.9. The third-order valence-electron chi connectivity index (χ3n) is 4.83. The second-order valence-corrected chi connectivity index (χ2v) is 6.05. The van der Waals surface area contributed by atoms with Gasteiger partial charge in [0.1, 0.15) is 5.67 Å². The first kappa shape index (κ1) is 12.2. The molecule has 2 heteroatoms. The molecule has 2 saturated carbocycles. The molecule has 98 valence electrons. The summed E-state index contributed by atoms with van der Waals surface area (Å²) in [5.41, 5.74) is 6.97. The number of nitrogens with two attached hydrogens (primary N) is 1. The molecule has 1 nitrogen and oxygen atoms in total. The highest BCUT2D eigenvalue weighted by molar-refractivity contribution is 5.30. The maximum atomic E-state index is 14.9. The Balaban J connectivity index is 1.75. The van der Waals surface area contributed by atoms with Crippen molar-refractivity contribution in [2.75, 3.05) is 0 Å². The predicted octanol–water partition coefficient (Wildman–Crippen LogP) is 4.02. The van der Waals surface area contributed by atoms with Crippen LogP contribution in [0.15, 0.2) is 24.3 Å². The molecule has 0 aromatic heterocycles. The van der Waals surface area contributed by atoms with Crippen LogP contribution in [0.5, 0.6) is 0 Å². The van der Waals surface area contributed by atoms with Crippen molar-refractivity contribution in [3.8, 4) is 0 Å². The number of rotatable bonds is 2. The monoisotopic (exact) mass is 247 g/mol. The molecule has 1 aromatic rings. The summed E-state index contributed by atoms with van der Waals surface area (Å²) in [7, 11) is 0. The van der Waals surface area contributed by atoms with Gasteiger partial charge in [0.05, 0.1) is 0 Å². The highest BCUT2D eigenvalue weighted by atomic mass is 19.1. The quantitative estimate of drug-likeness (QED) is 0.839. The zero-order chi connectivity index (χ0) is 12.6. The fourth-order valence-electron chi connectivity index (χ4n) is 3.18. The average molecular weight is 247 g/mol. The summed E-state index contributed by atoms with van der Waals surface area (Å²) >= 11 is 0. The maximum absolute atomic E-state index is 14.9. The second kappa shape index (κ2) is 4.65. The molecule has 0 aliphatic heterocycles. The first-order valence-corrected chi connectivity index (χ1v) is 7.22. The fraction of sp³-hybridized carbons (Fsp3) is 0.625. The van der Waals surface area contributed by atoms with E-state index in [0.29, 0.717) is 12.8 Å². The number of alkyl halides is 1. The highest BCUT2D eigenvalue weighted by Crippen LogP contribution is 2.42. The number of hydrogen-bond acceptors (Lipinski definition) is 1. The van der Waals surface area contributed by atoms with Gasteiger partial charge in [0.2, 0.25) is 0 Å². The number of benzene rings is 1. The summed E-state index contributed by atoms with van der Waals surface area (Å²) in [6, 6.07) is 8.47. The van der Waals surface area contributed by atoms with Gasteiger partial charge in [-0.2, -0.15) is 0 Å². The number of halogens is 1. The van der Waals surface area contributed by atoms with Crippen LogP contribution in [0, 0.1) is 0 Å². The van der Waals surface area contributed by atoms with Gasteiger partial charge in [0, 0.05) is 6.04 Å². The maximum Gasteiger partial charge on any atom is 0.136 e. The third kappa shape index (κ3) is 2.18. The van der Waals surface area contributed by atoms with E-state index in [1.807, 2.05) is 12.1 Å². The Kier molecular flexibility index (Phi) is 3.14. The summed E-state index contributed by atoms with van der Waals surface area (Å²) in [5.74, 6) is 0.731. The van der Waals surface area contributed by atoms with Crippen molar-refractivity contribution in [2.45, 2.75) is 62.6 Å². The smallest absolute Gasteiger partial charge is 0.136 e. The van der Waals surface area contributed by atoms with Crippen LogP contribution >= 0.6 is 0 Å². The lowest BCUT2D eigenvalue weighted by molar-refractivity contribution is 0.0979. The summed E-state index contributed by atoms with van der Waals surface area (Å²) in [6.45, 7) is 0. The van der Waals surface area contributed by atoms with Gasteiger partial charge in [-0.3, -0.25) is 0 Å². The lowest BCUT2D eigenvalue weighted by Gasteiger charge is -2.33. The Morgan fingerprint density at radius 2 is 1.61 bits per heavy atom. The number of hydrogen-bond donors (Lipinski definition) is 1. The van der Waals surface area contributed by atoms with Crippen molar-refractivity contribution in [1.29, 1.82) is 0 Å². The van der Waals surface area contributed by atoms with Crippen molar-refractivity contribution in [1.82, 2.24) is 0 Å². The van der Waals surface area contributed by atoms with E-state index in [1.165, 1.54) is 24.8 Å². The molecule has 2 fully saturated rings. The van der Waals surface area contributed by atoms with Gasteiger partial charge >= 0.3 is 0 Å². The van der Waals surface area contributed by atoms with E-state index >= 15 is 0 Å².